The van der Waals surface area contributed by atoms with Gasteiger partial charge in [-0.05, 0) is 45.4 Å². The topological polar surface area (TPSA) is 29.5 Å². The number of nitrogens with zero attached hydrogens (tertiary/aromatic N) is 1. The van der Waals surface area contributed by atoms with Crippen molar-refractivity contribution in [2.75, 3.05) is 19.7 Å². The van der Waals surface area contributed by atoms with Crippen LogP contribution in [0, 0.1) is 11.8 Å². The highest BCUT2D eigenvalue weighted by Gasteiger charge is 2.34. The molecule has 19 heavy (non-hydrogen) atoms. The maximum absolute atomic E-state index is 12.6. The zero-order chi connectivity index (χ0) is 13.8. The van der Waals surface area contributed by atoms with Gasteiger partial charge in [0.25, 0.3) is 0 Å². The first-order chi connectivity index (χ1) is 9.11. The normalized spacial score (nSPS) is 33.6. The molecule has 2 rings (SSSR count). The van der Waals surface area contributed by atoms with Crippen LogP contribution < -0.4 is 0 Å². The zero-order valence-corrected chi connectivity index (χ0v) is 12.7. The van der Waals surface area contributed by atoms with Crippen molar-refractivity contribution in [3.05, 3.63) is 0 Å². The monoisotopic (exact) mass is 267 g/mol. The molecule has 2 aliphatic rings. The Hall–Kier alpha value is -0.410. The molecule has 1 unspecified atom stereocenters. The molecular weight excluding hydrogens is 238 g/mol. The van der Waals surface area contributed by atoms with Crippen molar-refractivity contribution in [1.29, 1.82) is 0 Å². The predicted molar refractivity (Wildman–Crippen MR) is 77.2 cm³/mol. The minimum absolute atomic E-state index is 0.167. The number of carbonyl (C=O) groups is 1. The van der Waals surface area contributed by atoms with Gasteiger partial charge in [-0.2, -0.15) is 0 Å². The predicted octanol–water partition coefficient (Wildman–Crippen LogP) is 2.88. The number of ether oxygens (including phenoxy) is 1. The molecule has 1 aliphatic carbocycles. The van der Waals surface area contributed by atoms with E-state index in [4.69, 9.17) is 4.74 Å². The first kappa shape index (κ1) is 15.0. The molecule has 1 aliphatic heterocycles. The van der Waals surface area contributed by atoms with Gasteiger partial charge >= 0.3 is 0 Å². The van der Waals surface area contributed by atoms with E-state index in [1.807, 2.05) is 0 Å². The third kappa shape index (κ3) is 3.79. The fourth-order valence-electron chi connectivity index (χ4n) is 3.43. The van der Waals surface area contributed by atoms with Crippen molar-refractivity contribution in [2.45, 2.75) is 65.0 Å². The zero-order valence-electron chi connectivity index (χ0n) is 12.7. The summed E-state index contributed by atoms with van der Waals surface area (Å²) in [5, 5.41) is 0. The summed E-state index contributed by atoms with van der Waals surface area (Å²) in [4.78, 5) is 14.9. The van der Waals surface area contributed by atoms with Crippen LogP contribution in [-0.4, -0.2) is 42.5 Å². The van der Waals surface area contributed by atoms with Crippen LogP contribution in [0.4, 0.5) is 0 Å². The fraction of sp³-hybridized carbons (Fsp3) is 0.938. The summed E-state index contributed by atoms with van der Waals surface area (Å²) < 4.78 is 5.74. The molecule has 110 valence electrons. The largest absolute Gasteiger partial charge is 0.368 e. The molecule has 1 heterocycles. The maximum atomic E-state index is 12.6. The Morgan fingerprint density at radius 2 is 1.95 bits per heavy atom. The van der Waals surface area contributed by atoms with Crippen molar-refractivity contribution < 1.29 is 9.53 Å². The highest BCUT2D eigenvalue weighted by molar-refractivity contribution is 5.85. The fourth-order valence-corrected chi connectivity index (χ4v) is 3.43. The maximum Gasteiger partial charge on any atom is 0.165 e. The third-order valence-corrected chi connectivity index (χ3v) is 4.97. The van der Waals surface area contributed by atoms with Gasteiger partial charge in [-0.15, -0.1) is 0 Å². The molecule has 1 saturated heterocycles. The van der Waals surface area contributed by atoms with Gasteiger partial charge in [0.05, 0.1) is 6.61 Å². The van der Waals surface area contributed by atoms with Crippen LogP contribution in [0.1, 0.15) is 52.9 Å². The smallest absolute Gasteiger partial charge is 0.165 e. The summed E-state index contributed by atoms with van der Waals surface area (Å²) in [7, 11) is 0. The molecular formula is C16H29NO2. The number of Topliss-reactive ketones (excluding diaryl/α,β-unsaturated/α-hetero) is 1. The molecule has 0 aromatic heterocycles. The molecule has 0 aromatic rings. The first-order valence-corrected chi connectivity index (χ1v) is 8.01. The van der Waals surface area contributed by atoms with Crippen molar-refractivity contribution in [3.8, 4) is 0 Å². The Kier molecular flexibility index (Phi) is 5.40. The van der Waals surface area contributed by atoms with Gasteiger partial charge in [-0.3, -0.25) is 9.69 Å². The lowest BCUT2D eigenvalue weighted by atomic mass is 9.78. The molecule has 2 fully saturated rings. The van der Waals surface area contributed by atoms with Crippen LogP contribution in [0.5, 0.6) is 0 Å². The van der Waals surface area contributed by atoms with E-state index in [1.54, 1.807) is 0 Å². The quantitative estimate of drug-likeness (QED) is 0.784. The second-order valence-electron chi connectivity index (χ2n) is 6.48. The van der Waals surface area contributed by atoms with E-state index in [9.17, 15) is 4.79 Å². The molecule has 1 atom stereocenters. The van der Waals surface area contributed by atoms with E-state index < -0.39 is 0 Å². The van der Waals surface area contributed by atoms with Gasteiger partial charge in [0.2, 0.25) is 0 Å². The van der Waals surface area contributed by atoms with Crippen LogP contribution in [0.2, 0.25) is 0 Å². The molecule has 0 spiro atoms. The molecule has 1 saturated carbocycles. The SMILES string of the molecule is CCC1CCC(C(=O)C2CN(C(C)C)CCO2)CC1. The average molecular weight is 267 g/mol. The summed E-state index contributed by atoms with van der Waals surface area (Å²) in [6.45, 7) is 9.11. The highest BCUT2D eigenvalue weighted by atomic mass is 16.5. The Morgan fingerprint density at radius 1 is 1.26 bits per heavy atom. The Labute approximate surface area is 117 Å². The van der Waals surface area contributed by atoms with Gasteiger partial charge in [-0.1, -0.05) is 13.3 Å². The molecule has 0 amide bonds. The van der Waals surface area contributed by atoms with Crippen LogP contribution in [0.15, 0.2) is 0 Å². The van der Waals surface area contributed by atoms with Gasteiger partial charge in [0.15, 0.2) is 5.78 Å². The molecule has 0 N–H and O–H groups in total. The summed E-state index contributed by atoms with van der Waals surface area (Å²) >= 11 is 0. The molecule has 0 aromatic carbocycles. The van der Waals surface area contributed by atoms with E-state index in [-0.39, 0.29) is 12.0 Å². The van der Waals surface area contributed by atoms with Crippen molar-refractivity contribution in [2.24, 2.45) is 11.8 Å². The van der Waals surface area contributed by atoms with Crippen LogP contribution in [0.3, 0.4) is 0 Å². The van der Waals surface area contributed by atoms with Crippen LogP contribution in [-0.2, 0) is 9.53 Å². The van der Waals surface area contributed by atoms with Crippen molar-refractivity contribution in [3.63, 3.8) is 0 Å². The second-order valence-corrected chi connectivity index (χ2v) is 6.48. The van der Waals surface area contributed by atoms with Gasteiger partial charge < -0.3 is 4.74 Å². The number of hydrogen-bond acceptors (Lipinski definition) is 3. The number of ketones is 1. The lowest BCUT2D eigenvalue weighted by Crippen LogP contribution is -2.50. The van der Waals surface area contributed by atoms with E-state index in [1.165, 1.54) is 19.3 Å². The summed E-state index contributed by atoms with van der Waals surface area (Å²) in [5.41, 5.74) is 0. The van der Waals surface area contributed by atoms with E-state index >= 15 is 0 Å². The van der Waals surface area contributed by atoms with Crippen molar-refractivity contribution >= 4 is 5.78 Å². The average Bonchev–Trinajstić information content (AvgIpc) is 2.46. The third-order valence-electron chi connectivity index (χ3n) is 4.97. The lowest BCUT2D eigenvalue weighted by Gasteiger charge is -2.37. The number of carbonyl (C=O) groups excluding carboxylic acids is 1. The standard InChI is InChI=1S/C16H29NO2/c1-4-13-5-7-14(8-6-13)16(18)15-11-17(12(2)3)9-10-19-15/h12-15H,4-11H2,1-3H3. The molecule has 0 bridgehead atoms. The minimum atomic E-state index is -0.167. The Bertz CT molecular complexity index is 295. The molecule has 0 radical (unpaired) electrons. The summed E-state index contributed by atoms with van der Waals surface area (Å²) in [6, 6.07) is 0.509. The minimum Gasteiger partial charge on any atom is -0.368 e. The summed E-state index contributed by atoms with van der Waals surface area (Å²) in [6.07, 6.45) is 5.72. The van der Waals surface area contributed by atoms with Gasteiger partial charge in [0, 0.05) is 25.0 Å². The van der Waals surface area contributed by atoms with E-state index in [0.29, 0.717) is 18.4 Å². The second kappa shape index (κ2) is 6.85. The Balaban J connectivity index is 1.86. The molecule has 3 nitrogen and oxygen atoms in total. The molecule has 3 heteroatoms. The number of rotatable bonds is 4. The number of morpholine rings is 1. The van der Waals surface area contributed by atoms with E-state index in [0.717, 1.165) is 31.8 Å². The Morgan fingerprint density at radius 3 is 2.53 bits per heavy atom. The van der Waals surface area contributed by atoms with Crippen LogP contribution in [0.25, 0.3) is 0 Å². The summed E-state index contributed by atoms with van der Waals surface area (Å²) in [5.74, 6) is 1.49. The van der Waals surface area contributed by atoms with Crippen molar-refractivity contribution in [1.82, 2.24) is 4.90 Å². The first-order valence-electron chi connectivity index (χ1n) is 8.01. The highest BCUT2D eigenvalue weighted by Crippen LogP contribution is 2.32. The van der Waals surface area contributed by atoms with Crippen LogP contribution >= 0.6 is 0 Å². The van der Waals surface area contributed by atoms with Gasteiger partial charge in [0.1, 0.15) is 6.10 Å². The lowest BCUT2D eigenvalue weighted by molar-refractivity contribution is -0.142. The van der Waals surface area contributed by atoms with E-state index in [2.05, 4.69) is 25.7 Å². The van der Waals surface area contributed by atoms with Gasteiger partial charge in [-0.25, -0.2) is 0 Å². The number of hydrogen-bond donors (Lipinski definition) is 0.